The van der Waals surface area contributed by atoms with E-state index in [1.54, 1.807) is 0 Å². The van der Waals surface area contributed by atoms with Crippen molar-refractivity contribution < 1.29 is 55.1 Å². The second-order valence-electron chi connectivity index (χ2n) is 10.6. The zero-order chi connectivity index (χ0) is 27.4. The number of unbranched alkanes of at least 4 members (excludes halogenated alkanes) is 11. The van der Waals surface area contributed by atoms with Gasteiger partial charge in [-0.25, -0.2) is 0 Å². The van der Waals surface area contributed by atoms with Crippen LogP contribution >= 0.6 is 0 Å². The van der Waals surface area contributed by atoms with Gasteiger partial charge in [0.25, 0.3) is 0 Å². The smallest absolute Gasteiger partial charge is 0.187 e. The van der Waals surface area contributed by atoms with Crippen molar-refractivity contribution in [3.8, 4) is 0 Å². The topological polar surface area (TPSA) is 190 Å². The lowest BCUT2D eigenvalue weighted by molar-refractivity contribution is -0.375. The second kappa shape index (κ2) is 16.6. The highest BCUT2D eigenvalue weighted by atomic mass is 16.7. The summed E-state index contributed by atoms with van der Waals surface area (Å²) in [5.41, 5.74) is -2.09. The molecule has 0 spiro atoms. The largest absolute Gasteiger partial charge is 0.394 e. The Bertz CT molecular complexity index is 609. The molecule has 0 amide bonds. The Hall–Kier alpha value is -0.440. The summed E-state index contributed by atoms with van der Waals surface area (Å²) >= 11 is 0. The number of aliphatic hydroxyl groups excluding tert-OH is 7. The van der Waals surface area contributed by atoms with Crippen LogP contribution in [0.4, 0.5) is 0 Å². The first kappa shape index (κ1) is 32.8. The monoisotopic (exact) mass is 538 g/mol. The van der Waals surface area contributed by atoms with Crippen LogP contribution in [-0.4, -0.2) is 115 Å². The first-order chi connectivity index (χ1) is 17.7. The van der Waals surface area contributed by atoms with E-state index in [0.717, 1.165) is 25.7 Å². The lowest BCUT2D eigenvalue weighted by Crippen LogP contribution is -2.69. The Balaban J connectivity index is 1.83. The van der Waals surface area contributed by atoms with E-state index in [1.807, 2.05) is 0 Å². The summed E-state index contributed by atoms with van der Waals surface area (Å²) in [5.74, 6) is 0. The molecule has 0 aromatic heterocycles. The van der Waals surface area contributed by atoms with Gasteiger partial charge in [-0.2, -0.15) is 0 Å². The highest BCUT2D eigenvalue weighted by Gasteiger charge is 2.56. The molecule has 2 aliphatic heterocycles. The van der Waals surface area contributed by atoms with Crippen LogP contribution in [0.3, 0.4) is 0 Å². The van der Waals surface area contributed by atoms with Gasteiger partial charge in [-0.15, -0.1) is 0 Å². The third-order valence-electron chi connectivity index (χ3n) is 7.67. The van der Waals surface area contributed by atoms with Gasteiger partial charge < -0.3 is 55.1 Å². The molecule has 1 unspecified atom stereocenters. The van der Waals surface area contributed by atoms with E-state index in [-0.39, 0.29) is 6.42 Å². The molecule has 0 saturated carbocycles. The molecule has 2 rings (SSSR count). The zero-order valence-electron chi connectivity index (χ0n) is 22.1. The van der Waals surface area contributed by atoms with Gasteiger partial charge in [0.2, 0.25) is 0 Å². The van der Waals surface area contributed by atoms with E-state index in [1.165, 1.54) is 44.9 Å². The Morgan fingerprint density at radius 3 is 1.68 bits per heavy atom. The molecule has 2 heterocycles. The lowest BCUT2D eigenvalue weighted by atomic mass is 9.82. The summed E-state index contributed by atoms with van der Waals surface area (Å²) < 4.78 is 16.3. The number of hydrogen-bond acceptors (Lipinski definition) is 11. The SMILES string of the molecule is CCCCCCCCCCCCCC[C@]1(O)C(O)O[C@H](CO)[C@@H](O[C@@H]2O[C@H](CO)[C@H](O)[C@H](O)[C@H]2O)[C@@H]1O. The maximum atomic E-state index is 11.1. The van der Waals surface area contributed by atoms with Gasteiger partial charge in [0.1, 0.15) is 48.3 Å². The molecule has 11 heteroatoms. The second-order valence-corrected chi connectivity index (χ2v) is 10.6. The van der Waals surface area contributed by atoms with E-state index in [0.29, 0.717) is 6.42 Å². The molecule has 2 saturated heterocycles. The van der Waals surface area contributed by atoms with Crippen molar-refractivity contribution in [2.45, 2.75) is 151 Å². The number of rotatable bonds is 17. The molecule has 0 bridgehead atoms. The van der Waals surface area contributed by atoms with Crippen LogP contribution in [0, 0.1) is 0 Å². The van der Waals surface area contributed by atoms with Crippen molar-refractivity contribution in [2.75, 3.05) is 13.2 Å². The minimum Gasteiger partial charge on any atom is -0.394 e. The fourth-order valence-electron chi connectivity index (χ4n) is 5.16. The van der Waals surface area contributed by atoms with E-state index in [4.69, 9.17) is 14.2 Å². The van der Waals surface area contributed by atoms with Crippen molar-refractivity contribution in [3.63, 3.8) is 0 Å². The Morgan fingerprint density at radius 2 is 1.16 bits per heavy atom. The normalized spacial score (nSPS) is 38.7. The van der Waals surface area contributed by atoms with Crippen molar-refractivity contribution >= 4 is 0 Å². The molecule has 220 valence electrons. The van der Waals surface area contributed by atoms with Crippen LogP contribution < -0.4 is 0 Å². The minimum atomic E-state index is -2.09. The molecule has 37 heavy (non-hydrogen) atoms. The van der Waals surface area contributed by atoms with Crippen LogP contribution in [0.5, 0.6) is 0 Å². The van der Waals surface area contributed by atoms with Gasteiger partial charge >= 0.3 is 0 Å². The summed E-state index contributed by atoms with van der Waals surface area (Å²) in [6, 6.07) is 0. The van der Waals surface area contributed by atoms with Crippen LogP contribution in [0.25, 0.3) is 0 Å². The van der Waals surface area contributed by atoms with E-state index >= 15 is 0 Å². The number of aliphatic hydroxyl groups is 8. The van der Waals surface area contributed by atoms with Crippen LogP contribution in [0.1, 0.15) is 90.4 Å². The predicted octanol–water partition coefficient (Wildman–Crippen LogP) is 0.0642. The molecular formula is C26H50O11. The summed E-state index contributed by atoms with van der Waals surface area (Å²) in [7, 11) is 0. The fourth-order valence-corrected chi connectivity index (χ4v) is 5.16. The van der Waals surface area contributed by atoms with Crippen LogP contribution in [0.2, 0.25) is 0 Å². The third kappa shape index (κ3) is 9.04. The fraction of sp³-hybridized carbons (Fsp3) is 1.00. The summed E-state index contributed by atoms with van der Waals surface area (Å²) in [6.45, 7) is 0.869. The van der Waals surface area contributed by atoms with Crippen LogP contribution in [0.15, 0.2) is 0 Å². The molecule has 10 atom stereocenters. The maximum Gasteiger partial charge on any atom is 0.187 e. The average Bonchev–Trinajstić information content (AvgIpc) is 2.89. The lowest BCUT2D eigenvalue weighted by Gasteiger charge is -2.49. The molecule has 8 N–H and O–H groups in total. The molecule has 11 nitrogen and oxygen atoms in total. The standard InChI is InChI=1S/C26H50O11/c1-2-3-4-5-6-7-8-9-10-11-12-13-14-26(34)23(32)22(18(16-28)36-25(26)33)37-24-21(31)20(30)19(29)17(15-27)35-24/h17-25,27-34H,2-16H2,1H3/t17-,18-,19+,20+,21-,22-,23+,24+,25?,26-/m1/s1. The van der Waals surface area contributed by atoms with E-state index in [9.17, 15) is 40.9 Å². The van der Waals surface area contributed by atoms with Crippen molar-refractivity contribution in [3.05, 3.63) is 0 Å². The first-order valence-electron chi connectivity index (χ1n) is 14.0. The molecule has 0 aromatic carbocycles. The van der Waals surface area contributed by atoms with Gasteiger partial charge in [0.15, 0.2) is 12.6 Å². The Morgan fingerprint density at radius 1 is 0.649 bits per heavy atom. The highest BCUT2D eigenvalue weighted by molar-refractivity contribution is 5.01. The van der Waals surface area contributed by atoms with Gasteiger partial charge in [-0.1, -0.05) is 84.0 Å². The van der Waals surface area contributed by atoms with Crippen LogP contribution in [-0.2, 0) is 14.2 Å². The quantitative estimate of drug-likeness (QED) is 0.117. The molecule has 2 aliphatic rings. The predicted molar refractivity (Wildman–Crippen MR) is 133 cm³/mol. The van der Waals surface area contributed by atoms with E-state index < -0.39 is 74.1 Å². The zero-order valence-corrected chi connectivity index (χ0v) is 22.1. The molecular weight excluding hydrogens is 488 g/mol. The van der Waals surface area contributed by atoms with Gasteiger partial charge in [-0.3, -0.25) is 0 Å². The average molecular weight is 539 g/mol. The first-order valence-corrected chi connectivity index (χ1v) is 14.0. The minimum absolute atomic E-state index is 0.0133. The number of ether oxygens (including phenoxy) is 3. The molecule has 0 radical (unpaired) electrons. The van der Waals surface area contributed by atoms with Crippen molar-refractivity contribution in [1.82, 2.24) is 0 Å². The highest BCUT2D eigenvalue weighted by Crippen LogP contribution is 2.36. The van der Waals surface area contributed by atoms with Crippen molar-refractivity contribution in [1.29, 1.82) is 0 Å². The van der Waals surface area contributed by atoms with Crippen molar-refractivity contribution in [2.24, 2.45) is 0 Å². The molecule has 0 aromatic rings. The molecule has 2 fully saturated rings. The Labute approximate surface area is 220 Å². The van der Waals surface area contributed by atoms with Gasteiger partial charge in [-0.05, 0) is 6.42 Å². The van der Waals surface area contributed by atoms with Gasteiger partial charge in [0.05, 0.1) is 13.2 Å². The summed E-state index contributed by atoms with van der Waals surface area (Å²) in [5, 5.41) is 81.8. The molecule has 0 aliphatic carbocycles. The summed E-state index contributed by atoms with van der Waals surface area (Å²) in [4.78, 5) is 0. The number of hydrogen-bond donors (Lipinski definition) is 8. The Kier molecular flexibility index (Phi) is 14.7. The maximum absolute atomic E-state index is 11.1. The van der Waals surface area contributed by atoms with Gasteiger partial charge in [0, 0.05) is 0 Å². The van der Waals surface area contributed by atoms with E-state index in [2.05, 4.69) is 6.92 Å². The summed E-state index contributed by atoms with van der Waals surface area (Å²) in [6.07, 6.45) is -0.618. The third-order valence-corrected chi connectivity index (χ3v) is 7.67.